The highest BCUT2D eigenvalue weighted by molar-refractivity contribution is 5.70. The van der Waals surface area contributed by atoms with Crippen molar-refractivity contribution >= 4 is 11.2 Å². The SMILES string of the molecule is Cn1c(CN2CCC[C@H](c3ccn[nH]3)C2)nc2c1c(=O)[nH]c(=O)n2C. The third-order valence-corrected chi connectivity index (χ3v) is 5.06. The number of H-pyrrole nitrogens is 2. The first-order chi connectivity index (χ1) is 12.0. The summed E-state index contributed by atoms with van der Waals surface area (Å²) in [5.41, 5.74) is 1.17. The van der Waals surface area contributed by atoms with E-state index >= 15 is 0 Å². The molecule has 4 rings (SSSR count). The molecule has 1 atom stereocenters. The Bertz CT molecular complexity index is 1010. The Labute approximate surface area is 143 Å². The molecule has 1 aliphatic heterocycles. The van der Waals surface area contributed by atoms with Crippen molar-refractivity contribution in [3.8, 4) is 0 Å². The van der Waals surface area contributed by atoms with Gasteiger partial charge in [0, 0.05) is 38.4 Å². The summed E-state index contributed by atoms with van der Waals surface area (Å²) in [4.78, 5) is 33.1. The first-order valence-electron chi connectivity index (χ1n) is 8.41. The van der Waals surface area contributed by atoms with Crippen LogP contribution in [0.25, 0.3) is 11.2 Å². The maximum Gasteiger partial charge on any atom is 0.329 e. The van der Waals surface area contributed by atoms with Gasteiger partial charge >= 0.3 is 5.69 Å². The van der Waals surface area contributed by atoms with E-state index in [0.29, 0.717) is 23.6 Å². The molecule has 1 fully saturated rings. The molecule has 4 heterocycles. The van der Waals surface area contributed by atoms with Gasteiger partial charge in [0.05, 0.1) is 6.54 Å². The molecule has 132 valence electrons. The van der Waals surface area contributed by atoms with E-state index in [9.17, 15) is 9.59 Å². The Morgan fingerprint density at radius 2 is 2.12 bits per heavy atom. The van der Waals surface area contributed by atoms with Crippen LogP contribution in [0.4, 0.5) is 0 Å². The molecule has 3 aromatic rings. The number of aromatic nitrogens is 6. The fourth-order valence-corrected chi connectivity index (χ4v) is 3.64. The van der Waals surface area contributed by atoms with Gasteiger partial charge < -0.3 is 4.57 Å². The maximum absolute atomic E-state index is 12.1. The molecular weight excluding hydrogens is 322 g/mol. The summed E-state index contributed by atoms with van der Waals surface area (Å²) in [6, 6.07) is 2.03. The van der Waals surface area contributed by atoms with Crippen LogP contribution in [0.1, 0.15) is 30.3 Å². The fraction of sp³-hybridized carbons (Fsp3) is 0.500. The molecule has 0 amide bonds. The molecule has 2 N–H and O–H groups in total. The molecule has 0 bridgehead atoms. The lowest BCUT2D eigenvalue weighted by molar-refractivity contribution is 0.193. The summed E-state index contributed by atoms with van der Waals surface area (Å²) < 4.78 is 3.16. The van der Waals surface area contributed by atoms with Crippen molar-refractivity contribution in [1.29, 1.82) is 0 Å². The number of nitrogens with one attached hydrogen (secondary N) is 2. The third kappa shape index (κ3) is 2.70. The number of aromatic amines is 2. The highest BCUT2D eigenvalue weighted by Crippen LogP contribution is 2.26. The van der Waals surface area contributed by atoms with E-state index in [1.807, 2.05) is 13.1 Å². The number of rotatable bonds is 3. The summed E-state index contributed by atoms with van der Waals surface area (Å²) in [7, 11) is 3.44. The van der Waals surface area contributed by atoms with Crippen LogP contribution in [-0.2, 0) is 20.6 Å². The van der Waals surface area contributed by atoms with Crippen LogP contribution in [-0.4, -0.2) is 47.3 Å². The lowest BCUT2D eigenvalue weighted by Crippen LogP contribution is -2.34. The van der Waals surface area contributed by atoms with E-state index in [-0.39, 0.29) is 0 Å². The van der Waals surface area contributed by atoms with Gasteiger partial charge in [-0.3, -0.25) is 24.3 Å². The molecule has 9 nitrogen and oxygen atoms in total. The smallest absolute Gasteiger partial charge is 0.324 e. The van der Waals surface area contributed by atoms with Crippen molar-refractivity contribution in [2.75, 3.05) is 13.1 Å². The molecule has 0 radical (unpaired) electrons. The average Bonchev–Trinajstić information content (AvgIpc) is 3.23. The molecule has 0 unspecified atom stereocenters. The number of fused-ring (bicyclic) bond motifs is 1. The number of aryl methyl sites for hydroxylation is 2. The second-order valence-corrected chi connectivity index (χ2v) is 6.66. The minimum absolute atomic E-state index is 0.395. The molecule has 3 aromatic heterocycles. The van der Waals surface area contributed by atoms with Gasteiger partial charge in [-0.2, -0.15) is 5.10 Å². The second kappa shape index (κ2) is 5.99. The van der Waals surface area contributed by atoms with E-state index < -0.39 is 11.2 Å². The average molecular weight is 343 g/mol. The van der Waals surface area contributed by atoms with Crippen molar-refractivity contribution in [1.82, 2.24) is 34.2 Å². The summed E-state index contributed by atoms with van der Waals surface area (Å²) in [6.45, 7) is 2.55. The number of hydrogen-bond acceptors (Lipinski definition) is 5. The normalized spacial score (nSPS) is 18.9. The Balaban J connectivity index is 1.64. The summed E-state index contributed by atoms with van der Waals surface area (Å²) in [5, 5.41) is 7.11. The second-order valence-electron chi connectivity index (χ2n) is 6.66. The van der Waals surface area contributed by atoms with Gasteiger partial charge in [-0.1, -0.05) is 0 Å². The van der Waals surface area contributed by atoms with E-state index in [1.165, 1.54) is 4.57 Å². The van der Waals surface area contributed by atoms with Gasteiger partial charge in [0.2, 0.25) is 0 Å². The molecule has 1 saturated heterocycles. The molecule has 0 aromatic carbocycles. The quantitative estimate of drug-likeness (QED) is 0.700. The molecule has 0 saturated carbocycles. The Hall–Kier alpha value is -2.68. The first kappa shape index (κ1) is 15.8. The number of nitrogens with zero attached hydrogens (tertiary/aromatic N) is 5. The van der Waals surface area contributed by atoms with E-state index in [2.05, 4.69) is 25.1 Å². The predicted molar refractivity (Wildman–Crippen MR) is 92.4 cm³/mol. The minimum Gasteiger partial charge on any atom is -0.324 e. The third-order valence-electron chi connectivity index (χ3n) is 5.06. The van der Waals surface area contributed by atoms with Crippen molar-refractivity contribution in [2.45, 2.75) is 25.3 Å². The van der Waals surface area contributed by atoms with Crippen molar-refractivity contribution in [3.63, 3.8) is 0 Å². The van der Waals surface area contributed by atoms with Crippen LogP contribution in [0.5, 0.6) is 0 Å². The molecule has 1 aliphatic rings. The molecule has 0 spiro atoms. The summed E-state index contributed by atoms with van der Waals surface area (Å²) in [6.07, 6.45) is 4.02. The first-order valence-corrected chi connectivity index (χ1v) is 8.41. The van der Waals surface area contributed by atoms with Crippen LogP contribution < -0.4 is 11.2 Å². The Morgan fingerprint density at radius 1 is 1.28 bits per heavy atom. The van der Waals surface area contributed by atoms with Crippen molar-refractivity contribution < 1.29 is 0 Å². The standard InChI is InChI=1S/C16H21N7O2/c1-21-12(18-14-13(21)15(24)19-16(25)22(14)2)9-23-7-3-4-10(8-23)11-5-6-17-20-11/h5-6,10H,3-4,7-9H2,1-2H3,(H,17,20)(H,19,24,25)/t10-/m0/s1. The Morgan fingerprint density at radius 3 is 2.88 bits per heavy atom. The van der Waals surface area contributed by atoms with Crippen LogP contribution >= 0.6 is 0 Å². The molecule has 9 heteroatoms. The zero-order valence-electron chi connectivity index (χ0n) is 14.3. The zero-order valence-corrected chi connectivity index (χ0v) is 14.3. The highest BCUT2D eigenvalue weighted by atomic mass is 16.2. The van der Waals surface area contributed by atoms with E-state index in [4.69, 9.17) is 0 Å². The fourth-order valence-electron chi connectivity index (χ4n) is 3.64. The van der Waals surface area contributed by atoms with Crippen molar-refractivity contribution in [3.05, 3.63) is 44.6 Å². The number of likely N-dealkylation sites (tertiary alicyclic amines) is 1. The topological polar surface area (TPSA) is 105 Å². The minimum atomic E-state index is -0.445. The van der Waals surface area contributed by atoms with Gasteiger partial charge in [0.15, 0.2) is 11.2 Å². The summed E-state index contributed by atoms with van der Waals surface area (Å²) >= 11 is 0. The monoisotopic (exact) mass is 343 g/mol. The largest absolute Gasteiger partial charge is 0.329 e. The maximum atomic E-state index is 12.1. The molecule has 0 aliphatic carbocycles. The van der Waals surface area contributed by atoms with Crippen molar-refractivity contribution in [2.24, 2.45) is 14.1 Å². The van der Waals surface area contributed by atoms with Gasteiger partial charge in [-0.05, 0) is 25.5 Å². The lowest BCUT2D eigenvalue weighted by atomic mass is 9.95. The van der Waals surface area contributed by atoms with Gasteiger partial charge in [0.1, 0.15) is 5.82 Å². The Kier molecular flexibility index (Phi) is 3.79. The predicted octanol–water partition coefficient (Wildman–Crippen LogP) is 0.0630. The van der Waals surface area contributed by atoms with Gasteiger partial charge in [0.25, 0.3) is 5.56 Å². The van der Waals surface area contributed by atoms with E-state index in [0.717, 1.165) is 37.4 Å². The van der Waals surface area contributed by atoms with Crippen LogP contribution in [0, 0.1) is 0 Å². The number of imidazole rings is 1. The van der Waals surface area contributed by atoms with Gasteiger partial charge in [-0.15, -0.1) is 0 Å². The van der Waals surface area contributed by atoms with Gasteiger partial charge in [-0.25, -0.2) is 9.78 Å². The molecular formula is C16H21N7O2. The van der Waals surface area contributed by atoms with Crippen LogP contribution in [0.15, 0.2) is 21.9 Å². The number of hydrogen-bond donors (Lipinski definition) is 2. The van der Waals surface area contributed by atoms with E-state index in [1.54, 1.807) is 17.8 Å². The summed E-state index contributed by atoms with van der Waals surface area (Å²) in [5.74, 6) is 1.21. The number of piperidine rings is 1. The highest BCUT2D eigenvalue weighted by Gasteiger charge is 2.24. The van der Waals surface area contributed by atoms with Crippen LogP contribution in [0.2, 0.25) is 0 Å². The lowest BCUT2D eigenvalue weighted by Gasteiger charge is -2.31. The zero-order chi connectivity index (χ0) is 17.6. The molecule has 25 heavy (non-hydrogen) atoms. The van der Waals surface area contributed by atoms with Crippen LogP contribution in [0.3, 0.4) is 0 Å².